The van der Waals surface area contributed by atoms with E-state index in [0.717, 1.165) is 12.0 Å². The minimum Gasteiger partial charge on any atom is -0.394 e. The smallest absolute Gasteiger partial charge is 0.0774 e. The van der Waals surface area contributed by atoms with Crippen LogP contribution in [0.5, 0.6) is 0 Å². The van der Waals surface area contributed by atoms with Gasteiger partial charge in [0.25, 0.3) is 0 Å². The lowest BCUT2D eigenvalue weighted by Gasteiger charge is -2.23. The van der Waals surface area contributed by atoms with Crippen molar-refractivity contribution < 1.29 is 25.5 Å². The first-order chi connectivity index (χ1) is 11.5. The summed E-state index contributed by atoms with van der Waals surface area (Å²) in [7, 11) is 0. The molecule has 6 atom stereocenters. The van der Waals surface area contributed by atoms with E-state index in [1.165, 1.54) is 0 Å². The SMILES string of the molecule is OCC(O)CC1C(O)CC(O)C1/C=C/C(O)CCc1ccccc1. The van der Waals surface area contributed by atoms with Crippen molar-refractivity contribution in [2.45, 2.75) is 50.1 Å². The number of hydrogen-bond donors (Lipinski definition) is 5. The van der Waals surface area contributed by atoms with E-state index in [4.69, 9.17) is 5.11 Å². The summed E-state index contributed by atoms with van der Waals surface area (Å²) in [6.45, 7) is -0.366. The molecule has 0 amide bonds. The average Bonchev–Trinajstić information content (AvgIpc) is 2.85. The maximum Gasteiger partial charge on any atom is 0.0774 e. The molecule has 6 unspecified atom stereocenters. The molecule has 24 heavy (non-hydrogen) atoms. The summed E-state index contributed by atoms with van der Waals surface area (Å²) in [4.78, 5) is 0. The lowest BCUT2D eigenvalue weighted by atomic mass is 9.88. The first-order valence-electron chi connectivity index (χ1n) is 8.56. The molecule has 0 radical (unpaired) electrons. The molecule has 1 aromatic rings. The van der Waals surface area contributed by atoms with Gasteiger partial charge in [-0.15, -0.1) is 0 Å². The highest BCUT2D eigenvalue weighted by Gasteiger charge is 2.40. The van der Waals surface area contributed by atoms with Gasteiger partial charge in [-0.3, -0.25) is 0 Å². The maximum absolute atomic E-state index is 10.1. The van der Waals surface area contributed by atoms with Crippen molar-refractivity contribution in [3.8, 4) is 0 Å². The predicted octanol–water partition coefficient (Wildman–Crippen LogP) is 0.637. The van der Waals surface area contributed by atoms with Crippen molar-refractivity contribution in [3.05, 3.63) is 48.0 Å². The van der Waals surface area contributed by atoms with Crippen LogP contribution in [0, 0.1) is 11.8 Å². The highest BCUT2D eigenvalue weighted by atomic mass is 16.3. The zero-order valence-electron chi connectivity index (χ0n) is 13.8. The second-order valence-corrected chi connectivity index (χ2v) is 6.66. The zero-order chi connectivity index (χ0) is 17.5. The quantitative estimate of drug-likeness (QED) is 0.449. The summed E-state index contributed by atoms with van der Waals surface area (Å²) >= 11 is 0. The molecule has 1 fully saturated rings. The van der Waals surface area contributed by atoms with E-state index < -0.39 is 24.4 Å². The second kappa shape index (κ2) is 9.30. The van der Waals surface area contributed by atoms with Crippen LogP contribution in [0.3, 0.4) is 0 Å². The minimum atomic E-state index is -0.908. The monoisotopic (exact) mass is 336 g/mol. The van der Waals surface area contributed by atoms with E-state index in [-0.39, 0.29) is 31.3 Å². The predicted molar refractivity (Wildman–Crippen MR) is 91.2 cm³/mol. The molecular formula is C19H28O5. The van der Waals surface area contributed by atoms with E-state index >= 15 is 0 Å². The standard InChI is InChI=1S/C19H28O5/c20-12-15(22)10-17-16(18(23)11-19(17)24)9-8-14(21)7-6-13-4-2-1-3-5-13/h1-5,8-9,14-24H,6-7,10-12H2/b9-8+. The number of aliphatic hydroxyl groups is 5. The van der Waals surface area contributed by atoms with Crippen molar-refractivity contribution >= 4 is 0 Å². The number of benzene rings is 1. The Morgan fingerprint density at radius 1 is 1.08 bits per heavy atom. The fourth-order valence-corrected chi connectivity index (χ4v) is 3.41. The van der Waals surface area contributed by atoms with Crippen LogP contribution < -0.4 is 0 Å². The van der Waals surface area contributed by atoms with Gasteiger partial charge in [-0.1, -0.05) is 42.5 Å². The molecule has 5 heteroatoms. The molecule has 2 rings (SSSR count). The summed E-state index contributed by atoms with van der Waals surface area (Å²) in [5, 5.41) is 48.8. The van der Waals surface area contributed by atoms with Crippen LogP contribution in [0.1, 0.15) is 24.8 Å². The normalized spacial score (nSPS) is 29.9. The Balaban J connectivity index is 1.89. The number of rotatable bonds is 8. The second-order valence-electron chi connectivity index (χ2n) is 6.66. The highest BCUT2D eigenvalue weighted by molar-refractivity contribution is 5.15. The van der Waals surface area contributed by atoms with Crippen LogP contribution >= 0.6 is 0 Å². The van der Waals surface area contributed by atoms with Gasteiger partial charge in [0.1, 0.15) is 0 Å². The Hall–Kier alpha value is -1.24. The Kier molecular flexibility index (Phi) is 7.40. The molecule has 1 aliphatic rings. The molecule has 0 spiro atoms. The fourth-order valence-electron chi connectivity index (χ4n) is 3.41. The number of aryl methyl sites for hydroxylation is 1. The third-order valence-corrected chi connectivity index (χ3v) is 4.80. The molecule has 1 aromatic carbocycles. The third-order valence-electron chi connectivity index (χ3n) is 4.80. The molecule has 134 valence electrons. The maximum atomic E-state index is 10.1. The van der Waals surface area contributed by atoms with E-state index in [9.17, 15) is 20.4 Å². The minimum absolute atomic E-state index is 0.226. The Labute approximate surface area is 142 Å². The van der Waals surface area contributed by atoms with Crippen molar-refractivity contribution in [3.63, 3.8) is 0 Å². The Morgan fingerprint density at radius 3 is 2.46 bits per heavy atom. The van der Waals surface area contributed by atoms with Crippen molar-refractivity contribution in [2.24, 2.45) is 11.8 Å². The molecular weight excluding hydrogens is 308 g/mol. The van der Waals surface area contributed by atoms with Crippen LogP contribution in [0.25, 0.3) is 0 Å². The summed E-state index contributed by atoms with van der Waals surface area (Å²) in [5.41, 5.74) is 1.16. The fraction of sp³-hybridized carbons (Fsp3) is 0.579. The van der Waals surface area contributed by atoms with E-state index in [0.29, 0.717) is 6.42 Å². The number of hydrogen-bond acceptors (Lipinski definition) is 5. The topological polar surface area (TPSA) is 101 Å². The van der Waals surface area contributed by atoms with Gasteiger partial charge in [0.15, 0.2) is 0 Å². The first kappa shape index (κ1) is 19.1. The van der Waals surface area contributed by atoms with Crippen LogP contribution in [0.4, 0.5) is 0 Å². The van der Waals surface area contributed by atoms with Crippen molar-refractivity contribution in [2.75, 3.05) is 6.61 Å². The van der Waals surface area contributed by atoms with Gasteiger partial charge in [0.2, 0.25) is 0 Å². The molecule has 1 aliphatic carbocycles. The summed E-state index contributed by atoms with van der Waals surface area (Å²) in [5.74, 6) is -0.646. The van der Waals surface area contributed by atoms with E-state index in [1.807, 2.05) is 30.3 Å². The average molecular weight is 336 g/mol. The van der Waals surface area contributed by atoms with Gasteiger partial charge in [-0.25, -0.2) is 0 Å². The first-order valence-corrected chi connectivity index (χ1v) is 8.56. The van der Waals surface area contributed by atoms with Crippen LogP contribution in [-0.2, 0) is 6.42 Å². The van der Waals surface area contributed by atoms with Gasteiger partial charge >= 0.3 is 0 Å². The Bertz CT molecular complexity index is 504. The van der Waals surface area contributed by atoms with E-state index in [2.05, 4.69) is 0 Å². The highest BCUT2D eigenvalue weighted by Crippen LogP contribution is 2.36. The van der Waals surface area contributed by atoms with Crippen LogP contribution in [-0.4, -0.2) is 56.6 Å². The zero-order valence-corrected chi connectivity index (χ0v) is 13.8. The van der Waals surface area contributed by atoms with Crippen LogP contribution in [0.2, 0.25) is 0 Å². The molecule has 5 nitrogen and oxygen atoms in total. The van der Waals surface area contributed by atoms with Gasteiger partial charge in [-0.2, -0.15) is 0 Å². The van der Waals surface area contributed by atoms with Gasteiger partial charge in [-0.05, 0) is 30.7 Å². The molecule has 1 saturated carbocycles. The summed E-state index contributed by atoms with van der Waals surface area (Å²) in [6, 6.07) is 9.91. The van der Waals surface area contributed by atoms with Gasteiger partial charge in [0.05, 0.1) is 31.0 Å². The lowest BCUT2D eigenvalue weighted by molar-refractivity contribution is 0.0384. The molecule has 0 aliphatic heterocycles. The van der Waals surface area contributed by atoms with Crippen molar-refractivity contribution in [1.29, 1.82) is 0 Å². The summed E-state index contributed by atoms with van der Waals surface area (Å²) < 4.78 is 0. The molecule has 0 heterocycles. The van der Waals surface area contributed by atoms with E-state index in [1.54, 1.807) is 12.2 Å². The Morgan fingerprint density at radius 2 is 1.79 bits per heavy atom. The van der Waals surface area contributed by atoms with Gasteiger partial charge in [0, 0.05) is 12.3 Å². The lowest BCUT2D eigenvalue weighted by Crippen LogP contribution is -2.27. The molecule has 0 aromatic heterocycles. The third kappa shape index (κ3) is 5.40. The van der Waals surface area contributed by atoms with Crippen molar-refractivity contribution in [1.82, 2.24) is 0 Å². The molecule has 0 bridgehead atoms. The molecule has 5 N–H and O–H groups in total. The largest absolute Gasteiger partial charge is 0.394 e. The van der Waals surface area contributed by atoms with Crippen LogP contribution in [0.15, 0.2) is 42.5 Å². The number of aliphatic hydroxyl groups excluding tert-OH is 5. The summed E-state index contributed by atoms with van der Waals surface area (Å²) in [6.07, 6.45) is 2.27. The van der Waals surface area contributed by atoms with Gasteiger partial charge < -0.3 is 25.5 Å². The molecule has 0 saturated heterocycles.